The van der Waals surface area contributed by atoms with Crippen LogP contribution in [-0.2, 0) is 0 Å². The van der Waals surface area contributed by atoms with E-state index in [-0.39, 0.29) is 5.56 Å². The number of rotatable bonds is 7. The minimum atomic E-state index is -0.978. The molecule has 0 amide bonds. The third kappa shape index (κ3) is 4.24. The lowest BCUT2D eigenvalue weighted by Crippen LogP contribution is -2.09. The quantitative estimate of drug-likeness (QED) is 0.791. The summed E-state index contributed by atoms with van der Waals surface area (Å²) in [4.78, 5) is 11.1. The lowest BCUT2D eigenvalue weighted by Gasteiger charge is -2.12. The molecule has 0 atom stereocenters. The molecule has 0 aliphatic heterocycles. The number of carboxylic acid groups (broad SMARTS) is 1. The molecule has 21 heavy (non-hydrogen) atoms. The monoisotopic (exact) mass is 286 g/mol. The van der Waals surface area contributed by atoms with Crippen LogP contribution in [0.4, 0.5) is 0 Å². The van der Waals surface area contributed by atoms with Gasteiger partial charge in [0.05, 0.1) is 13.2 Å². The van der Waals surface area contributed by atoms with Crippen LogP contribution in [0.1, 0.15) is 22.3 Å². The maximum atomic E-state index is 11.1. The van der Waals surface area contributed by atoms with E-state index in [1.54, 1.807) is 12.1 Å². The van der Waals surface area contributed by atoms with Crippen LogP contribution in [0.3, 0.4) is 0 Å². The molecule has 110 valence electrons. The highest BCUT2D eigenvalue weighted by atomic mass is 16.5. The fraction of sp³-hybridized carbons (Fsp3) is 0.235. The van der Waals surface area contributed by atoms with Crippen molar-refractivity contribution in [2.24, 2.45) is 0 Å². The van der Waals surface area contributed by atoms with Crippen molar-refractivity contribution >= 4 is 5.97 Å². The first-order valence-electron chi connectivity index (χ1n) is 6.82. The molecule has 0 saturated heterocycles. The molecule has 0 heterocycles. The molecule has 0 radical (unpaired) electrons. The van der Waals surface area contributed by atoms with E-state index in [0.29, 0.717) is 25.4 Å². The first-order valence-corrected chi connectivity index (χ1v) is 6.82. The molecule has 2 rings (SSSR count). The van der Waals surface area contributed by atoms with E-state index in [4.69, 9.17) is 14.6 Å². The van der Waals surface area contributed by atoms with Crippen molar-refractivity contribution in [2.45, 2.75) is 13.3 Å². The van der Waals surface area contributed by atoms with E-state index in [9.17, 15) is 4.79 Å². The average Bonchev–Trinajstić information content (AvgIpc) is 2.49. The number of aromatic carboxylic acids is 1. The highest BCUT2D eigenvalue weighted by Gasteiger charge is 2.12. The Balaban J connectivity index is 1.83. The number of carbonyl (C=O) groups is 1. The van der Waals surface area contributed by atoms with E-state index >= 15 is 0 Å². The van der Waals surface area contributed by atoms with Crippen LogP contribution in [0.15, 0.2) is 48.5 Å². The van der Waals surface area contributed by atoms with Gasteiger partial charge in [-0.3, -0.25) is 0 Å². The van der Waals surface area contributed by atoms with E-state index in [1.807, 2.05) is 43.3 Å². The second-order valence-corrected chi connectivity index (χ2v) is 4.62. The summed E-state index contributed by atoms with van der Waals surface area (Å²) in [6, 6.07) is 14.6. The number of aryl methyl sites for hydroxylation is 1. The molecule has 0 aliphatic rings. The summed E-state index contributed by atoms with van der Waals surface area (Å²) in [5.41, 5.74) is 1.01. The van der Waals surface area contributed by atoms with Gasteiger partial charge < -0.3 is 14.6 Å². The van der Waals surface area contributed by atoms with Crippen LogP contribution < -0.4 is 9.47 Å². The third-order valence-electron chi connectivity index (χ3n) is 2.99. The summed E-state index contributed by atoms with van der Waals surface area (Å²) in [5.74, 6) is 0.276. The summed E-state index contributed by atoms with van der Waals surface area (Å²) in [6.07, 6.45) is 0.683. The number of benzene rings is 2. The maximum Gasteiger partial charge on any atom is 0.339 e. The van der Waals surface area contributed by atoms with Crippen LogP contribution in [0, 0.1) is 6.92 Å². The summed E-state index contributed by atoms with van der Waals surface area (Å²) in [5, 5.41) is 9.14. The molecule has 0 bridgehead atoms. The van der Waals surface area contributed by atoms with Gasteiger partial charge in [-0.1, -0.05) is 30.3 Å². The topological polar surface area (TPSA) is 55.8 Å². The smallest absolute Gasteiger partial charge is 0.339 e. The molecule has 2 aromatic carbocycles. The molecule has 0 aliphatic carbocycles. The zero-order chi connectivity index (χ0) is 15.1. The number of hydrogen-bond acceptors (Lipinski definition) is 3. The zero-order valence-corrected chi connectivity index (χ0v) is 11.9. The van der Waals surface area contributed by atoms with Crippen LogP contribution in [0.5, 0.6) is 11.5 Å². The van der Waals surface area contributed by atoms with Gasteiger partial charge in [-0.25, -0.2) is 4.79 Å². The van der Waals surface area contributed by atoms with Crippen LogP contribution in [0.2, 0.25) is 0 Å². The Morgan fingerprint density at radius 2 is 1.71 bits per heavy atom. The number of ether oxygens (including phenoxy) is 2. The predicted molar refractivity (Wildman–Crippen MR) is 80.2 cm³/mol. The van der Waals surface area contributed by atoms with Gasteiger partial charge in [0.15, 0.2) is 0 Å². The third-order valence-corrected chi connectivity index (χ3v) is 2.99. The molecule has 0 spiro atoms. The number of para-hydroxylation sites is 2. The predicted octanol–water partition coefficient (Wildman–Crippen LogP) is 3.54. The highest BCUT2D eigenvalue weighted by molar-refractivity contribution is 5.91. The van der Waals surface area contributed by atoms with E-state index in [0.717, 1.165) is 11.3 Å². The summed E-state index contributed by atoms with van der Waals surface area (Å²) in [7, 11) is 0. The van der Waals surface area contributed by atoms with Gasteiger partial charge in [0.25, 0.3) is 0 Å². The van der Waals surface area contributed by atoms with Gasteiger partial charge in [-0.05, 0) is 30.7 Å². The van der Waals surface area contributed by atoms with Crippen LogP contribution in [-0.4, -0.2) is 24.3 Å². The molecule has 0 unspecified atom stereocenters. The normalized spacial score (nSPS) is 10.1. The van der Waals surface area contributed by atoms with Gasteiger partial charge in [-0.2, -0.15) is 0 Å². The first kappa shape index (κ1) is 14.9. The minimum Gasteiger partial charge on any atom is -0.493 e. The first-order chi connectivity index (χ1) is 10.2. The Labute approximate surface area is 123 Å². The molecule has 0 saturated carbocycles. The molecule has 2 aromatic rings. The zero-order valence-electron chi connectivity index (χ0n) is 11.9. The lowest BCUT2D eigenvalue weighted by atomic mass is 10.1. The molecular weight excluding hydrogens is 268 g/mol. The minimum absolute atomic E-state index is 0.193. The molecule has 4 heteroatoms. The fourth-order valence-corrected chi connectivity index (χ4v) is 1.95. The van der Waals surface area contributed by atoms with Crippen molar-refractivity contribution in [3.05, 3.63) is 59.7 Å². The molecule has 4 nitrogen and oxygen atoms in total. The number of carboxylic acids is 1. The highest BCUT2D eigenvalue weighted by Crippen LogP contribution is 2.23. The van der Waals surface area contributed by atoms with Crippen LogP contribution in [0.25, 0.3) is 0 Å². The summed E-state index contributed by atoms with van der Waals surface area (Å²) >= 11 is 0. The maximum absolute atomic E-state index is 11.1. The number of hydrogen-bond donors (Lipinski definition) is 1. The summed E-state index contributed by atoms with van der Waals surface area (Å²) < 4.78 is 11.2. The van der Waals surface area contributed by atoms with Crippen molar-refractivity contribution in [1.29, 1.82) is 0 Å². The van der Waals surface area contributed by atoms with Crippen molar-refractivity contribution in [2.75, 3.05) is 13.2 Å². The molecule has 1 N–H and O–H groups in total. The van der Waals surface area contributed by atoms with Gasteiger partial charge in [0, 0.05) is 6.42 Å². The molecule has 0 aromatic heterocycles. The standard InChI is InChI=1S/C17H18O4/c1-13-7-5-10-15(17(18)19)16(13)21-12-6-11-20-14-8-3-2-4-9-14/h2-5,7-10H,6,11-12H2,1H3,(H,18,19). The van der Waals surface area contributed by atoms with E-state index < -0.39 is 5.97 Å². The SMILES string of the molecule is Cc1cccc(C(=O)O)c1OCCCOc1ccccc1. The Morgan fingerprint density at radius 3 is 2.43 bits per heavy atom. The van der Waals surface area contributed by atoms with Gasteiger partial charge in [0.1, 0.15) is 17.1 Å². The van der Waals surface area contributed by atoms with E-state index in [1.165, 1.54) is 0 Å². The molecular formula is C17H18O4. The largest absolute Gasteiger partial charge is 0.493 e. The van der Waals surface area contributed by atoms with Crippen molar-refractivity contribution in [3.63, 3.8) is 0 Å². The van der Waals surface area contributed by atoms with Crippen molar-refractivity contribution in [1.82, 2.24) is 0 Å². The van der Waals surface area contributed by atoms with Gasteiger partial charge >= 0.3 is 5.97 Å². The van der Waals surface area contributed by atoms with Crippen molar-refractivity contribution < 1.29 is 19.4 Å². The lowest BCUT2D eigenvalue weighted by molar-refractivity contribution is 0.0692. The fourth-order valence-electron chi connectivity index (χ4n) is 1.95. The second-order valence-electron chi connectivity index (χ2n) is 4.62. The van der Waals surface area contributed by atoms with Crippen LogP contribution >= 0.6 is 0 Å². The Kier molecular flexibility index (Phi) is 5.21. The second kappa shape index (κ2) is 7.33. The Morgan fingerprint density at radius 1 is 1.00 bits per heavy atom. The Bertz CT molecular complexity index is 593. The van der Waals surface area contributed by atoms with Crippen molar-refractivity contribution in [3.8, 4) is 11.5 Å². The van der Waals surface area contributed by atoms with Gasteiger partial charge in [-0.15, -0.1) is 0 Å². The summed E-state index contributed by atoms with van der Waals surface area (Å²) in [6.45, 7) is 2.78. The van der Waals surface area contributed by atoms with E-state index in [2.05, 4.69) is 0 Å². The molecule has 0 fully saturated rings. The van der Waals surface area contributed by atoms with Gasteiger partial charge in [0.2, 0.25) is 0 Å². The Hall–Kier alpha value is -2.49. The average molecular weight is 286 g/mol.